The van der Waals surface area contributed by atoms with Crippen LogP contribution in [0.3, 0.4) is 0 Å². The van der Waals surface area contributed by atoms with E-state index in [0.29, 0.717) is 0 Å². The van der Waals surface area contributed by atoms with Crippen LogP contribution < -0.4 is 5.73 Å². The molecule has 0 aliphatic carbocycles. The van der Waals surface area contributed by atoms with Crippen molar-refractivity contribution >= 4 is 17.4 Å². The number of nitrogens with two attached hydrogens (primary N) is 1. The summed E-state index contributed by atoms with van der Waals surface area (Å²) in [5.74, 6) is 2.66. The first-order chi connectivity index (χ1) is 9.83. The minimum atomic E-state index is 0.735. The number of fused-ring (bicyclic) bond motifs is 3. The first kappa shape index (κ1) is 11.5. The minimum Gasteiger partial charge on any atom is -0.399 e. The summed E-state index contributed by atoms with van der Waals surface area (Å²) in [6, 6.07) is 16.1. The highest BCUT2D eigenvalue weighted by molar-refractivity contribution is 7.98. The fourth-order valence-corrected chi connectivity index (χ4v) is 3.39. The highest BCUT2D eigenvalue weighted by Gasteiger charge is 2.22. The summed E-state index contributed by atoms with van der Waals surface area (Å²) in [4.78, 5) is 1.25. The third kappa shape index (κ3) is 1.71. The van der Waals surface area contributed by atoms with Crippen LogP contribution in [0.25, 0.3) is 17.1 Å². The van der Waals surface area contributed by atoms with E-state index in [2.05, 4.69) is 33.0 Å². The molecular weight excluding hydrogens is 268 g/mol. The molecule has 0 radical (unpaired) electrons. The highest BCUT2D eigenvalue weighted by atomic mass is 32.2. The molecule has 0 saturated heterocycles. The molecule has 20 heavy (non-hydrogen) atoms. The van der Waals surface area contributed by atoms with E-state index in [0.717, 1.165) is 34.3 Å². The van der Waals surface area contributed by atoms with Gasteiger partial charge in [0.15, 0.2) is 5.82 Å². The number of anilines is 1. The standard InChI is InChI=1S/C15H12N4S/c16-11-5-3-4-10(8-11)15-18-17-14-9-20-13-7-2-1-6-12(13)19(14)15/h1-8H,9,16H2. The van der Waals surface area contributed by atoms with Gasteiger partial charge in [0.25, 0.3) is 0 Å². The Morgan fingerprint density at radius 1 is 1.05 bits per heavy atom. The van der Waals surface area contributed by atoms with Gasteiger partial charge in [-0.05, 0) is 24.3 Å². The number of nitrogens with zero attached hydrogens (tertiary/aromatic N) is 3. The lowest BCUT2D eigenvalue weighted by atomic mass is 10.2. The van der Waals surface area contributed by atoms with Crippen molar-refractivity contribution in [2.75, 3.05) is 5.73 Å². The van der Waals surface area contributed by atoms with Crippen LogP contribution in [0.5, 0.6) is 0 Å². The van der Waals surface area contributed by atoms with Crippen molar-refractivity contribution in [3.63, 3.8) is 0 Å². The maximum atomic E-state index is 5.87. The number of benzene rings is 2. The summed E-state index contributed by atoms with van der Waals surface area (Å²) < 4.78 is 2.13. The number of hydrogen-bond acceptors (Lipinski definition) is 4. The predicted octanol–water partition coefficient (Wildman–Crippen LogP) is 3.12. The molecule has 98 valence electrons. The molecule has 4 nitrogen and oxygen atoms in total. The van der Waals surface area contributed by atoms with E-state index >= 15 is 0 Å². The van der Waals surface area contributed by atoms with Crippen LogP contribution in [0.2, 0.25) is 0 Å². The van der Waals surface area contributed by atoms with Gasteiger partial charge in [0.1, 0.15) is 5.82 Å². The van der Waals surface area contributed by atoms with Crippen LogP contribution in [0, 0.1) is 0 Å². The molecular formula is C15H12N4S. The molecule has 0 saturated carbocycles. The molecule has 1 aliphatic heterocycles. The topological polar surface area (TPSA) is 56.7 Å². The van der Waals surface area contributed by atoms with E-state index in [-0.39, 0.29) is 0 Å². The second-order valence-electron chi connectivity index (χ2n) is 4.66. The van der Waals surface area contributed by atoms with E-state index in [1.165, 1.54) is 4.90 Å². The van der Waals surface area contributed by atoms with E-state index in [1.807, 2.05) is 30.3 Å². The van der Waals surface area contributed by atoms with Crippen molar-refractivity contribution in [2.24, 2.45) is 0 Å². The second kappa shape index (κ2) is 4.38. The van der Waals surface area contributed by atoms with Crippen LogP contribution in [-0.4, -0.2) is 14.8 Å². The smallest absolute Gasteiger partial charge is 0.168 e. The Hall–Kier alpha value is -2.27. The highest BCUT2D eigenvalue weighted by Crippen LogP contribution is 2.37. The summed E-state index contributed by atoms with van der Waals surface area (Å²) in [6.45, 7) is 0. The fourth-order valence-electron chi connectivity index (χ4n) is 2.43. The third-order valence-corrected chi connectivity index (χ3v) is 4.40. The molecule has 0 spiro atoms. The average Bonchev–Trinajstić information content (AvgIpc) is 2.91. The number of aromatic nitrogens is 3. The molecule has 2 N–H and O–H groups in total. The maximum Gasteiger partial charge on any atom is 0.168 e. The van der Waals surface area contributed by atoms with Crippen molar-refractivity contribution in [2.45, 2.75) is 10.6 Å². The van der Waals surface area contributed by atoms with E-state index < -0.39 is 0 Å². The Morgan fingerprint density at radius 3 is 2.85 bits per heavy atom. The van der Waals surface area contributed by atoms with Crippen LogP contribution in [0.1, 0.15) is 5.82 Å². The number of thioether (sulfide) groups is 1. The summed E-state index contributed by atoms with van der Waals surface area (Å²) >= 11 is 1.80. The van der Waals surface area contributed by atoms with Gasteiger partial charge in [-0.3, -0.25) is 4.57 Å². The first-order valence-corrected chi connectivity index (χ1v) is 7.34. The van der Waals surface area contributed by atoms with E-state index in [1.54, 1.807) is 11.8 Å². The van der Waals surface area contributed by atoms with Gasteiger partial charge in [0.2, 0.25) is 0 Å². The zero-order valence-corrected chi connectivity index (χ0v) is 11.5. The molecule has 3 aromatic rings. The molecule has 0 fully saturated rings. The first-order valence-electron chi connectivity index (χ1n) is 6.35. The van der Waals surface area contributed by atoms with Crippen molar-refractivity contribution in [1.29, 1.82) is 0 Å². The Kier molecular flexibility index (Phi) is 2.53. The number of para-hydroxylation sites is 1. The van der Waals surface area contributed by atoms with E-state index in [9.17, 15) is 0 Å². The fraction of sp³-hybridized carbons (Fsp3) is 0.0667. The van der Waals surface area contributed by atoms with Crippen LogP contribution >= 0.6 is 11.8 Å². The molecule has 2 aromatic carbocycles. The van der Waals surface area contributed by atoms with Gasteiger partial charge in [0, 0.05) is 16.1 Å². The lowest BCUT2D eigenvalue weighted by Crippen LogP contribution is -2.07. The van der Waals surface area contributed by atoms with Crippen LogP contribution in [0.15, 0.2) is 53.4 Å². The van der Waals surface area contributed by atoms with Gasteiger partial charge in [-0.1, -0.05) is 24.3 Å². The number of hydrogen-bond donors (Lipinski definition) is 1. The van der Waals surface area contributed by atoms with E-state index in [4.69, 9.17) is 5.73 Å². The monoisotopic (exact) mass is 280 g/mol. The van der Waals surface area contributed by atoms with Crippen LogP contribution in [-0.2, 0) is 5.75 Å². The third-order valence-electron chi connectivity index (χ3n) is 3.34. The predicted molar refractivity (Wildman–Crippen MR) is 80.8 cm³/mol. The Labute approximate surface area is 120 Å². The Bertz CT molecular complexity index is 794. The Morgan fingerprint density at radius 2 is 1.95 bits per heavy atom. The molecule has 0 amide bonds. The lowest BCUT2D eigenvalue weighted by molar-refractivity contribution is 0.923. The summed E-state index contributed by atoms with van der Waals surface area (Å²) in [6.07, 6.45) is 0. The molecule has 1 aromatic heterocycles. The molecule has 0 atom stereocenters. The normalized spacial score (nSPS) is 12.8. The van der Waals surface area contributed by atoms with Crippen molar-refractivity contribution in [3.05, 3.63) is 54.4 Å². The van der Waals surface area contributed by atoms with Gasteiger partial charge in [-0.2, -0.15) is 0 Å². The molecule has 4 rings (SSSR count). The lowest BCUT2D eigenvalue weighted by Gasteiger charge is -2.18. The van der Waals surface area contributed by atoms with Gasteiger partial charge in [-0.15, -0.1) is 22.0 Å². The molecule has 0 unspecified atom stereocenters. The SMILES string of the molecule is Nc1cccc(-c2nnc3n2-c2ccccc2SC3)c1. The van der Waals surface area contributed by atoms with Crippen molar-refractivity contribution in [3.8, 4) is 17.1 Å². The zero-order chi connectivity index (χ0) is 13.5. The Balaban J connectivity index is 1.96. The quantitative estimate of drug-likeness (QED) is 0.696. The summed E-state index contributed by atoms with van der Waals surface area (Å²) in [5.41, 5.74) is 8.74. The van der Waals surface area contributed by atoms with Gasteiger partial charge in [0.05, 0.1) is 11.4 Å². The summed E-state index contributed by atoms with van der Waals surface area (Å²) in [5, 5.41) is 8.67. The van der Waals surface area contributed by atoms with Gasteiger partial charge < -0.3 is 5.73 Å². The molecule has 5 heteroatoms. The van der Waals surface area contributed by atoms with Crippen molar-refractivity contribution in [1.82, 2.24) is 14.8 Å². The molecule has 0 bridgehead atoms. The number of rotatable bonds is 1. The summed E-state index contributed by atoms with van der Waals surface area (Å²) in [7, 11) is 0. The molecule has 1 aliphatic rings. The molecule has 2 heterocycles. The van der Waals surface area contributed by atoms with Gasteiger partial charge >= 0.3 is 0 Å². The van der Waals surface area contributed by atoms with Gasteiger partial charge in [-0.25, -0.2) is 0 Å². The second-order valence-corrected chi connectivity index (χ2v) is 5.67. The zero-order valence-electron chi connectivity index (χ0n) is 10.7. The minimum absolute atomic E-state index is 0.735. The van der Waals surface area contributed by atoms with Crippen molar-refractivity contribution < 1.29 is 0 Å². The number of nitrogen functional groups attached to an aromatic ring is 1. The largest absolute Gasteiger partial charge is 0.399 e. The maximum absolute atomic E-state index is 5.87. The average molecular weight is 280 g/mol. The van der Waals surface area contributed by atoms with Crippen LogP contribution in [0.4, 0.5) is 5.69 Å².